The second kappa shape index (κ2) is 7.29. The van der Waals surface area contributed by atoms with Gasteiger partial charge in [-0.15, -0.1) is 0 Å². The lowest BCUT2D eigenvalue weighted by atomic mass is 9.77. The van der Waals surface area contributed by atoms with E-state index >= 15 is 0 Å². The third-order valence-electron chi connectivity index (χ3n) is 6.19. The molecular formula is C24H29N3O2. The van der Waals surface area contributed by atoms with Crippen LogP contribution in [0.2, 0.25) is 0 Å². The number of hydrogen-bond acceptors (Lipinski definition) is 3. The zero-order valence-electron chi connectivity index (χ0n) is 17.5. The SMILES string of the molecule is CC(C)(C)c1nc2c(c(=O)[nH]1)CCC21CCCN(C(=O)/C=C/c2ccccc2)C1. The molecule has 1 fully saturated rings. The van der Waals surface area contributed by atoms with Crippen molar-refractivity contribution in [2.75, 3.05) is 13.1 Å². The number of likely N-dealkylation sites (tertiary alicyclic amines) is 1. The van der Waals surface area contributed by atoms with E-state index < -0.39 is 0 Å². The molecule has 1 N–H and O–H groups in total. The summed E-state index contributed by atoms with van der Waals surface area (Å²) in [4.78, 5) is 35.4. The predicted molar refractivity (Wildman–Crippen MR) is 115 cm³/mol. The predicted octanol–water partition coefficient (Wildman–Crippen LogP) is 3.59. The van der Waals surface area contributed by atoms with Crippen LogP contribution in [0.15, 0.2) is 41.2 Å². The highest BCUT2D eigenvalue weighted by Gasteiger charge is 2.45. The van der Waals surface area contributed by atoms with Crippen molar-refractivity contribution in [3.63, 3.8) is 0 Å². The average Bonchev–Trinajstić information content (AvgIpc) is 3.04. The van der Waals surface area contributed by atoms with Crippen LogP contribution >= 0.6 is 0 Å². The van der Waals surface area contributed by atoms with Gasteiger partial charge in [0.15, 0.2) is 0 Å². The first-order valence-corrected chi connectivity index (χ1v) is 10.4. The van der Waals surface area contributed by atoms with Crippen molar-refractivity contribution in [3.8, 4) is 0 Å². The topological polar surface area (TPSA) is 66.1 Å². The van der Waals surface area contributed by atoms with E-state index in [9.17, 15) is 9.59 Å². The van der Waals surface area contributed by atoms with Crippen LogP contribution in [0.5, 0.6) is 0 Å². The van der Waals surface area contributed by atoms with Gasteiger partial charge in [0, 0.05) is 35.6 Å². The molecule has 1 amide bonds. The summed E-state index contributed by atoms with van der Waals surface area (Å²) in [6.07, 6.45) is 7.07. The van der Waals surface area contributed by atoms with E-state index in [2.05, 4.69) is 25.8 Å². The summed E-state index contributed by atoms with van der Waals surface area (Å²) >= 11 is 0. The second-order valence-electron chi connectivity index (χ2n) is 9.38. The van der Waals surface area contributed by atoms with E-state index in [0.717, 1.165) is 54.9 Å². The third kappa shape index (κ3) is 3.78. The second-order valence-corrected chi connectivity index (χ2v) is 9.38. The highest BCUT2D eigenvalue weighted by atomic mass is 16.2. The van der Waals surface area contributed by atoms with Crippen LogP contribution in [-0.2, 0) is 22.0 Å². The number of aromatic nitrogens is 2. The van der Waals surface area contributed by atoms with Crippen molar-refractivity contribution in [2.45, 2.75) is 57.3 Å². The lowest BCUT2D eigenvalue weighted by molar-refractivity contribution is -0.128. The molecule has 1 aliphatic carbocycles. The Bertz CT molecular complexity index is 1000. The first-order chi connectivity index (χ1) is 13.8. The van der Waals surface area contributed by atoms with E-state index in [0.29, 0.717) is 6.54 Å². The normalized spacial score (nSPS) is 21.7. The molecule has 1 aromatic heterocycles. The number of carbonyl (C=O) groups excluding carboxylic acids is 1. The minimum absolute atomic E-state index is 0.00998. The molecule has 1 aromatic carbocycles. The maximum absolute atomic E-state index is 12.9. The summed E-state index contributed by atoms with van der Waals surface area (Å²) in [6, 6.07) is 9.86. The number of hydrogen-bond donors (Lipinski definition) is 1. The molecule has 0 radical (unpaired) electrons. The van der Waals surface area contributed by atoms with Crippen LogP contribution in [0.1, 0.15) is 62.7 Å². The molecule has 2 heterocycles. The van der Waals surface area contributed by atoms with Gasteiger partial charge in [-0.3, -0.25) is 9.59 Å². The molecule has 4 rings (SSSR count). The first kappa shape index (κ1) is 19.6. The number of amides is 1. The summed E-state index contributed by atoms with van der Waals surface area (Å²) in [6.45, 7) is 7.57. The van der Waals surface area contributed by atoms with E-state index in [1.165, 1.54) is 0 Å². The number of benzene rings is 1. The van der Waals surface area contributed by atoms with Gasteiger partial charge in [0.05, 0.1) is 5.69 Å². The van der Waals surface area contributed by atoms with Crippen molar-refractivity contribution in [1.29, 1.82) is 0 Å². The van der Waals surface area contributed by atoms with Gasteiger partial charge in [-0.1, -0.05) is 51.1 Å². The van der Waals surface area contributed by atoms with Crippen LogP contribution in [-0.4, -0.2) is 33.9 Å². The minimum Gasteiger partial charge on any atom is -0.338 e. The Balaban J connectivity index is 1.61. The molecule has 1 aliphatic heterocycles. The molecular weight excluding hydrogens is 362 g/mol. The van der Waals surface area contributed by atoms with E-state index in [1.54, 1.807) is 6.08 Å². The van der Waals surface area contributed by atoms with Crippen LogP contribution in [0.3, 0.4) is 0 Å². The fourth-order valence-corrected chi connectivity index (χ4v) is 4.56. The molecule has 5 heteroatoms. The monoisotopic (exact) mass is 391 g/mol. The van der Waals surface area contributed by atoms with E-state index in [1.807, 2.05) is 41.3 Å². The third-order valence-corrected chi connectivity index (χ3v) is 6.19. The van der Waals surface area contributed by atoms with Crippen LogP contribution in [0, 0.1) is 0 Å². The standard InChI is InChI=1S/C24H29N3O2/c1-23(2,3)22-25-20-18(21(29)26-22)12-14-24(20)13-7-15-27(16-24)19(28)11-10-17-8-5-4-6-9-17/h4-6,8-11H,7,12-16H2,1-3H3,(H,25,26,29)/b11-10+. The summed E-state index contributed by atoms with van der Waals surface area (Å²) in [5.41, 5.74) is 2.33. The fraction of sp³-hybridized carbons (Fsp3) is 0.458. The Kier molecular flexibility index (Phi) is 4.93. The quantitative estimate of drug-likeness (QED) is 0.796. The van der Waals surface area contributed by atoms with Gasteiger partial charge in [0.25, 0.3) is 5.56 Å². The lowest BCUT2D eigenvalue weighted by Crippen LogP contribution is -2.47. The Labute approximate surface area is 171 Å². The molecule has 2 aliphatic rings. The van der Waals surface area contributed by atoms with Crippen LogP contribution in [0.25, 0.3) is 6.08 Å². The van der Waals surface area contributed by atoms with Crippen molar-refractivity contribution in [1.82, 2.24) is 14.9 Å². The van der Waals surface area contributed by atoms with Crippen molar-refractivity contribution < 1.29 is 4.79 Å². The number of aromatic amines is 1. The summed E-state index contributed by atoms with van der Waals surface area (Å²) < 4.78 is 0. The van der Waals surface area contributed by atoms with Crippen molar-refractivity contribution >= 4 is 12.0 Å². The number of piperidine rings is 1. The minimum atomic E-state index is -0.222. The number of rotatable bonds is 2. The highest BCUT2D eigenvalue weighted by molar-refractivity contribution is 5.92. The molecule has 1 unspecified atom stereocenters. The molecule has 0 saturated carbocycles. The number of fused-ring (bicyclic) bond motifs is 2. The summed E-state index contributed by atoms with van der Waals surface area (Å²) in [5, 5.41) is 0. The Morgan fingerprint density at radius 3 is 2.69 bits per heavy atom. The molecule has 1 saturated heterocycles. The maximum Gasteiger partial charge on any atom is 0.254 e. The lowest BCUT2D eigenvalue weighted by Gasteiger charge is -2.40. The Morgan fingerprint density at radius 2 is 1.97 bits per heavy atom. The fourth-order valence-electron chi connectivity index (χ4n) is 4.56. The largest absolute Gasteiger partial charge is 0.338 e. The summed E-state index contributed by atoms with van der Waals surface area (Å²) in [5.74, 6) is 0.761. The molecule has 152 valence electrons. The molecule has 29 heavy (non-hydrogen) atoms. The zero-order chi connectivity index (χ0) is 20.6. The number of nitrogens with zero attached hydrogens (tertiary/aromatic N) is 2. The van der Waals surface area contributed by atoms with Gasteiger partial charge in [-0.25, -0.2) is 4.98 Å². The van der Waals surface area contributed by atoms with E-state index in [4.69, 9.17) is 4.98 Å². The zero-order valence-corrected chi connectivity index (χ0v) is 17.5. The molecule has 0 bridgehead atoms. The maximum atomic E-state index is 12.9. The van der Waals surface area contributed by atoms with Gasteiger partial charge in [-0.2, -0.15) is 0 Å². The first-order valence-electron chi connectivity index (χ1n) is 10.4. The summed E-state index contributed by atoms with van der Waals surface area (Å²) in [7, 11) is 0. The Hall–Kier alpha value is -2.69. The average molecular weight is 392 g/mol. The number of nitrogens with one attached hydrogen (secondary N) is 1. The number of carbonyl (C=O) groups is 1. The van der Waals surface area contributed by atoms with Crippen LogP contribution < -0.4 is 5.56 Å². The molecule has 1 atom stereocenters. The van der Waals surface area contributed by atoms with Gasteiger partial charge in [0.1, 0.15) is 5.82 Å². The smallest absolute Gasteiger partial charge is 0.254 e. The molecule has 1 spiro atoms. The Morgan fingerprint density at radius 1 is 1.21 bits per heavy atom. The van der Waals surface area contributed by atoms with Gasteiger partial charge >= 0.3 is 0 Å². The van der Waals surface area contributed by atoms with E-state index in [-0.39, 0.29) is 22.3 Å². The van der Waals surface area contributed by atoms with Gasteiger partial charge < -0.3 is 9.88 Å². The van der Waals surface area contributed by atoms with Gasteiger partial charge in [0.2, 0.25) is 5.91 Å². The van der Waals surface area contributed by atoms with Crippen molar-refractivity contribution in [2.24, 2.45) is 0 Å². The molecule has 5 nitrogen and oxygen atoms in total. The van der Waals surface area contributed by atoms with Crippen molar-refractivity contribution in [3.05, 3.63) is 69.4 Å². The highest BCUT2D eigenvalue weighted by Crippen LogP contribution is 2.43. The molecule has 2 aromatic rings. The van der Waals surface area contributed by atoms with Gasteiger partial charge in [-0.05, 0) is 37.3 Å². The number of H-pyrrole nitrogens is 1. The van der Waals surface area contributed by atoms with Crippen LogP contribution in [0.4, 0.5) is 0 Å².